The molecule has 0 aliphatic heterocycles. The van der Waals surface area contributed by atoms with Gasteiger partial charge in [0.05, 0.1) is 24.4 Å². The third-order valence-electron chi connectivity index (χ3n) is 0.651. The fraction of sp³-hybridized carbons (Fsp3) is 1.00. The van der Waals surface area contributed by atoms with Crippen molar-refractivity contribution < 1.29 is 9.03 Å². The van der Waals surface area contributed by atoms with Crippen molar-refractivity contribution in [3.8, 4) is 0 Å². The second kappa shape index (κ2) is 5.63. The SMILES string of the molecule is COCC(CCl)OCl. The highest BCUT2D eigenvalue weighted by molar-refractivity contribution is 6.18. The van der Waals surface area contributed by atoms with Crippen molar-refractivity contribution in [3.05, 3.63) is 0 Å². The summed E-state index contributed by atoms with van der Waals surface area (Å²) < 4.78 is 9.05. The van der Waals surface area contributed by atoms with Gasteiger partial charge in [0.2, 0.25) is 0 Å². The first-order valence-corrected chi connectivity index (χ1v) is 3.01. The van der Waals surface area contributed by atoms with Crippen LogP contribution in [-0.4, -0.2) is 25.7 Å². The predicted molar refractivity (Wildman–Crippen MR) is 33.3 cm³/mol. The highest BCUT2D eigenvalue weighted by Crippen LogP contribution is 1.97. The molecule has 0 saturated carbocycles. The summed E-state index contributed by atoms with van der Waals surface area (Å²) in [6.07, 6.45) is -0.191. The largest absolute Gasteiger partial charge is 0.382 e. The number of hydrogen-bond acceptors (Lipinski definition) is 2. The number of rotatable bonds is 4. The molecule has 0 bridgehead atoms. The van der Waals surface area contributed by atoms with Crippen molar-refractivity contribution in [3.63, 3.8) is 0 Å². The highest BCUT2D eigenvalue weighted by Gasteiger charge is 2.03. The van der Waals surface area contributed by atoms with Gasteiger partial charge in [-0.2, -0.15) is 0 Å². The van der Waals surface area contributed by atoms with Gasteiger partial charge in [-0.15, -0.1) is 11.6 Å². The summed E-state index contributed by atoms with van der Waals surface area (Å²) in [7, 11) is 1.56. The van der Waals surface area contributed by atoms with Gasteiger partial charge in [0.25, 0.3) is 0 Å². The second-order valence-corrected chi connectivity index (χ2v) is 1.81. The highest BCUT2D eigenvalue weighted by atomic mass is 35.5. The molecule has 0 aliphatic carbocycles. The molecule has 4 heteroatoms. The van der Waals surface area contributed by atoms with Gasteiger partial charge in [0.1, 0.15) is 6.10 Å². The van der Waals surface area contributed by atoms with E-state index in [2.05, 4.69) is 4.29 Å². The second-order valence-electron chi connectivity index (χ2n) is 1.32. The van der Waals surface area contributed by atoms with E-state index in [1.807, 2.05) is 0 Å². The molecule has 1 atom stereocenters. The Hall–Kier alpha value is 0.500. The van der Waals surface area contributed by atoms with E-state index in [1.54, 1.807) is 7.11 Å². The van der Waals surface area contributed by atoms with E-state index in [0.717, 1.165) is 0 Å². The summed E-state index contributed by atoms with van der Waals surface area (Å²) >= 11 is 10.3. The zero-order chi connectivity index (χ0) is 6.41. The summed E-state index contributed by atoms with van der Waals surface area (Å²) in [6.45, 7) is 0.438. The van der Waals surface area contributed by atoms with Crippen LogP contribution in [0.2, 0.25) is 0 Å². The molecule has 0 amide bonds. The summed E-state index contributed by atoms with van der Waals surface area (Å²) in [5.41, 5.74) is 0. The van der Waals surface area contributed by atoms with E-state index in [0.29, 0.717) is 12.5 Å². The van der Waals surface area contributed by atoms with E-state index in [-0.39, 0.29) is 6.10 Å². The van der Waals surface area contributed by atoms with Crippen LogP contribution < -0.4 is 0 Å². The molecule has 50 valence electrons. The molecule has 0 radical (unpaired) electrons. The molecule has 0 aromatic carbocycles. The monoisotopic (exact) mass is 158 g/mol. The van der Waals surface area contributed by atoms with Crippen LogP contribution in [0, 0.1) is 0 Å². The van der Waals surface area contributed by atoms with E-state index in [1.165, 1.54) is 0 Å². The smallest absolute Gasteiger partial charge is 0.116 e. The molecule has 2 nitrogen and oxygen atoms in total. The lowest BCUT2D eigenvalue weighted by molar-refractivity contribution is 0.101. The molecule has 0 aliphatic rings. The van der Waals surface area contributed by atoms with Gasteiger partial charge >= 0.3 is 0 Å². The molecule has 0 aromatic heterocycles. The molecule has 1 unspecified atom stereocenters. The van der Waals surface area contributed by atoms with Crippen LogP contribution in [0.1, 0.15) is 0 Å². The fourth-order valence-corrected chi connectivity index (χ4v) is 0.611. The first kappa shape index (κ1) is 8.50. The van der Waals surface area contributed by atoms with Crippen LogP contribution in [0.15, 0.2) is 0 Å². The molecule has 8 heavy (non-hydrogen) atoms. The first-order valence-electron chi connectivity index (χ1n) is 2.17. The maximum atomic E-state index is 5.36. The molecule has 0 spiro atoms. The number of methoxy groups -OCH3 is 1. The van der Waals surface area contributed by atoms with E-state index in [9.17, 15) is 0 Å². The van der Waals surface area contributed by atoms with Gasteiger partial charge in [-0.05, 0) is 0 Å². The Bertz CT molecular complexity index is 47.3. The maximum absolute atomic E-state index is 5.36. The molecule has 0 heterocycles. The first-order chi connectivity index (χ1) is 3.85. The topological polar surface area (TPSA) is 18.5 Å². The van der Waals surface area contributed by atoms with Crippen LogP contribution in [0.25, 0.3) is 0 Å². The zero-order valence-corrected chi connectivity index (χ0v) is 6.08. The minimum absolute atomic E-state index is 0.191. The van der Waals surface area contributed by atoms with Crippen LogP contribution >= 0.6 is 23.5 Å². The quantitative estimate of drug-likeness (QED) is 0.577. The number of alkyl halides is 1. The lowest BCUT2D eigenvalue weighted by Gasteiger charge is -2.05. The summed E-state index contributed by atoms with van der Waals surface area (Å²) in [5.74, 6) is 0.358. The van der Waals surface area contributed by atoms with Crippen molar-refractivity contribution in [2.45, 2.75) is 6.10 Å². The van der Waals surface area contributed by atoms with Gasteiger partial charge in [0, 0.05) is 7.11 Å². The van der Waals surface area contributed by atoms with Gasteiger partial charge in [-0.25, -0.2) is 0 Å². The van der Waals surface area contributed by atoms with Crippen molar-refractivity contribution in [2.75, 3.05) is 19.6 Å². The van der Waals surface area contributed by atoms with Crippen LogP contribution in [0.3, 0.4) is 0 Å². The Labute approximate surface area is 58.8 Å². The minimum atomic E-state index is -0.191. The van der Waals surface area contributed by atoms with Crippen molar-refractivity contribution in [1.29, 1.82) is 0 Å². The molecule has 0 rings (SSSR count). The van der Waals surface area contributed by atoms with E-state index >= 15 is 0 Å². The van der Waals surface area contributed by atoms with Gasteiger partial charge in [-0.3, -0.25) is 4.29 Å². The summed E-state index contributed by atoms with van der Waals surface area (Å²) in [5, 5.41) is 0. The standard InChI is InChI=1S/C4H8Cl2O2/c1-7-3-4(2-5)8-6/h4H,2-3H2,1H3. The molecular formula is C4H8Cl2O2. The Balaban J connectivity index is 3.07. The Morgan fingerprint density at radius 3 is 2.38 bits per heavy atom. The third kappa shape index (κ3) is 3.50. The normalized spacial score (nSPS) is 13.9. The zero-order valence-electron chi connectivity index (χ0n) is 4.56. The lowest BCUT2D eigenvalue weighted by Crippen LogP contribution is -2.16. The fourth-order valence-electron chi connectivity index (χ4n) is 0.280. The molecule has 0 fully saturated rings. The lowest BCUT2D eigenvalue weighted by atomic mass is 10.4. The maximum Gasteiger partial charge on any atom is 0.116 e. The average molecular weight is 159 g/mol. The van der Waals surface area contributed by atoms with Crippen molar-refractivity contribution in [1.82, 2.24) is 0 Å². The molecular weight excluding hydrogens is 151 g/mol. The average Bonchev–Trinajstić information content (AvgIpc) is 1.83. The summed E-state index contributed by atoms with van der Waals surface area (Å²) in [6, 6.07) is 0. The number of ether oxygens (including phenoxy) is 1. The number of halogens is 2. The van der Waals surface area contributed by atoms with Crippen LogP contribution in [-0.2, 0) is 9.03 Å². The summed E-state index contributed by atoms with van der Waals surface area (Å²) in [4.78, 5) is 0. The van der Waals surface area contributed by atoms with E-state index < -0.39 is 0 Å². The van der Waals surface area contributed by atoms with Crippen LogP contribution in [0.5, 0.6) is 0 Å². The molecule has 0 saturated heterocycles. The Morgan fingerprint density at radius 1 is 1.62 bits per heavy atom. The third-order valence-corrected chi connectivity index (χ3v) is 1.25. The molecule has 0 N–H and O–H groups in total. The minimum Gasteiger partial charge on any atom is -0.382 e. The van der Waals surface area contributed by atoms with Crippen molar-refractivity contribution in [2.24, 2.45) is 0 Å². The van der Waals surface area contributed by atoms with Crippen molar-refractivity contribution >= 4 is 23.5 Å². The predicted octanol–water partition coefficient (Wildman–Crippen LogP) is 1.41. The van der Waals surface area contributed by atoms with E-state index in [4.69, 9.17) is 28.2 Å². The van der Waals surface area contributed by atoms with Gasteiger partial charge in [-0.1, -0.05) is 0 Å². The van der Waals surface area contributed by atoms with Crippen LogP contribution in [0.4, 0.5) is 0 Å². The van der Waals surface area contributed by atoms with Gasteiger partial charge in [0.15, 0.2) is 0 Å². The number of hydrogen-bond donors (Lipinski definition) is 0. The Morgan fingerprint density at radius 2 is 2.25 bits per heavy atom. The Kier molecular flexibility index (Phi) is 5.99. The van der Waals surface area contributed by atoms with Gasteiger partial charge < -0.3 is 4.74 Å². The molecule has 0 aromatic rings.